The normalized spacial score (nSPS) is 22.5. The van der Waals surface area contributed by atoms with Gasteiger partial charge in [0.05, 0.1) is 13.0 Å². The Bertz CT molecular complexity index is 867. The number of carbonyl (C=O) groups is 3. The fraction of sp³-hybridized carbons (Fsp3) is 0.625. The molecule has 0 aliphatic carbocycles. The third kappa shape index (κ3) is 9.34. The summed E-state index contributed by atoms with van der Waals surface area (Å²) < 4.78 is 10.5. The van der Waals surface area contributed by atoms with Gasteiger partial charge in [-0.15, -0.1) is 0 Å². The molecule has 0 bridgehead atoms. The predicted octanol–water partition coefficient (Wildman–Crippen LogP) is 0.297. The van der Waals surface area contributed by atoms with Crippen LogP contribution in [0.3, 0.4) is 0 Å². The highest BCUT2D eigenvalue weighted by Crippen LogP contribution is 2.18. The smallest absolute Gasteiger partial charge is 0.310 e. The van der Waals surface area contributed by atoms with Gasteiger partial charge in [-0.25, -0.2) is 0 Å². The van der Waals surface area contributed by atoms with E-state index in [1.807, 2.05) is 37.6 Å². The second-order valence-corrected chi connectivity index (χ2v) is 10.4. The molecule has 196 valence electrons. The minimum Gasteiger partial charge on any atom is -0.460 e. The molecule has 5 N–H and O–H groups in total. The third-order valence-electron chi connectivity index (χ3n) is 5.46. The Kier molecular flexibility index (Phi) is 10.8. The van der Waals surface area contributed by atoms with Crippen LogP contribution in [0.25, 0.3) is 0 Å². The first-order chi connectivity index (χ1) is 16.4. The molecule has 1 aromatic rings. The van der Waals surface area contributed by atoms with Crippen LogP contribution >= 0.6 is 11.3 Å². The topological polar surface area (TPSA) is 154 Å². The molecule has 1 aromatic heterocycles. The van der Waals surface area contributed by atoms with E-state index in [9.17, 15) is 29.7 Å². The minimum atomic E-state index is -1.75. The maximum atomic E-state index is 12.8. The molecule has 0 saturated carbocycles. The van der Waals surface area contributed by atoms with Crippen molar-refractivity contribution in [2.24, 2.45) is 5.41 Å². The third-order valence-corrected chi connectivity index (χ3v) is 6.19. The summed E-state index contributed by atoms with van der Waals surface area (Å²) in [4.78, 5) is 37.4. The van der Waals surface area contributed by atoms with E-state index >= 15 is 0 Å². The van der Waals surface area contributed by atoms with E-state index in [4.69, 9.17) is 9.47 Å². The van der Waals surface area contributed by atoms with Crippen molar-refractivity contribution in [3.63, 3.8) is 0 Å². The zero-order valence-corrected chi connectivity index (χ0v) is 21.3. The van der Waals surface area contributed by atoms with Crippen molar-refractivity contribution in [3.8, 4) is 0 Å². The summed E-state index contributed by atoms with van der Waals surface area (Å²) in [6.45, 7) is 5.81. The monoisotopic (exact) mass is 512 g/mol. The molecule has 1 aliphatic rings. The van der Waals surface area contributed by atoms with Crippen LogP contribution in [0.2, 0.25) is 0 Å². The van der Waals surface area contributed by atoms with E-state index in [1.54, 1.807) is 6.08 Å². The molecule has 2 rings (SSSR count). The van der Waals surface area contributed by atoms with E-state index < -0.39 is 54.3 Å². The van der Waals surface area contributed by atoms with Crippen molar-refractivity contribution in [1.82, 2.24) is 10.6 Å². The first-order valence-electron chi connectivity index (χ1n) is 11.5. The van der Waals surface area contributed by atoms with Crippen LogP contribution < -0.4 is 10.6 Å². The average Bonchev–Trinajstić information content (AvgIpc) is 3.23. The molecule has 0 unspecified atom stereocenters. The number of allylic oxidation sites excluding steroid dienone is 1. The van der Waals surface area contributed by atoms with Crippen LogP contribution in [0, 0.1) is 5.41 Å². The van der Waals surface area contributed by atoms with Gasteiger partial charge in [0, 0.05) is 7.11 Å². The zero-order chi connectivity index (χ0) is 26.2. The van der Waals surface area contributed by atoms with Crippen LogP contribution in [0.1, 0.15) is 39.2 Å². The number of esters is 1. The van der Waals surface area contributed by atoms with Crippen LogP contribution in [-0.2, 0) is 30.3 Å². The maximum Gasteiger partial charge on any atom is 0.310 e. The lowest BCUT2D eigenvalue weighted by Gasteiger charge is -2.28. The van der Waals surface area contributed by atoms with E-state index in [-0.39, 0.29) is 24.8 Å². The summed E-state index contributed by atoms with van der Waals surface area (Å²) in [7, 11) is 1.17. The summed E-state index contributed by atoms with van der Waals surface area (Å²) >= 11 is 1.48. The molecule has 0 spiro atoms. The Morgan fingerprint density at radius 3 is 2.57 bits per heavy atom. The van der Waals surface area contributed by atoms with Crippen LogP contribution in [0.4, 0.5) is 0 Å². The van der Waals surface area contributed by atoms with Crippen molar-refractivity contribution in [2.45, 2.75) is 76.6 Å². The van der Waals surface area contributed by atoms with E-state index in [0.717, 1.165) is 5.56 Å². The number of hydrogen-bond donors (Lipinski definition) is 5. The summed E-state index contributed by atoms with van der Waals surface area (Å²) in [6, 6.07) is 0.889. The highest BCUT2D eigenvalue weighted by Gasteiger charge is 2.37. The SMILES string of the molecule is CO[C@@H](C(=O)N[C@H]1CC[C@@H](OC(=O)Cc2ccsc2)CNC1=O)[C@H](O)[C@@H](O)[C@H](O)/C=C/C(C)(C)C. The Hall–Kier alpha value is -2.31. The number of nitrogens with one attached hydrogen (secondary N) is 2. The zero-order valence-electron chi connectivity index (χ0n) is 20.5. The fourth-order valence-electron chi connectivity index (χ4n) is 3.49. The Morgan fingerprint density at radius 2 is 1.97 bits per heavy atom. The van der Waals surface area contributed by atoms with Gasteiger partial charge in [-0.05, 0) is 40.6 Å². The number of methoxy groups -OCH3 is 1. The summed E-state index contributed by atoms with van der Waals surface area (Å²) in [6.07, 6.45) is -3.26. The van der Waals surface area contributed by atoms with E-state index in [0.29, 0.717) is 6.42 Å². The molecule has 2 heterocycles. The molecule has 1 aliphatic heterocycles. The van der Waals surface area contributed by atoms with Crippen molar-refractivity contribution < 1.29 is 39.2 Å². The van der Waals surface area contributed by atoms with Gasteiger partial charge in [-0.1, -0.05) is 32.9 Å². The number of hydrogen-bond acceptors (Lipinski definition) is 9. The second kappa shape index (κ2) is 13.1. The number of carbonyl (C=O) groups excluding carboxylic acids is 3. The molecule has 11 heteroatoms. The number of amides is 2. The lowest BCUT2D eigenvalue weighted by Crippen LogP contribution is -2.55. The molecule has 1 fully saturated rings. The lowest BCUT2D eigenvalue weighted by molar-refractivity contribution is -0.151. The van der Waals surface area contributed by atoms with Crippen LogP contribution in [0.5, 0.6) is 0 Å². The Labute approximate surface area is 209 Å². The van der Waals surface area contributed by atoms with Crippen LogP contribution in [0.15, 0.2) is 29.0 Å². The largest absolute Gasteiger partial charge is 0.460 e. The quantitative estimate of drug-likeness (QED) is 0.221. The number of rotatable bonds is 10. The van der Waals surface area contributed by atoms with Gasteiger partial charge in [0.1, 0.15) is 30.5 Å². The molecule has 6 atom stereocenters. The van der Waals surface area contributed by atoms with E-state index in [2.05, 4.69) is 10.6 Å². The first kappa shape index (κ1) is 28.9. The van der Waals surface area contributed by atoms with Crippen molar-refractivity contribution in [2.75, 3.05) is 13.7 Å². The molecule has 10 nitrogen and oxygen atoms in total. The summed E-state index contributed by atoms with van der Waals surface area (Å²) in [5.74, 6) is -1.69. The van der Waals surface area contributed by atoms with Crippen LogP contribution in [-0.4, -0.2) is 83.3 Å². The first-order valence-corrected chi connectivity index (χ1v) is 12.4. The standard InChI is InChI=1S/C24H36N2O8S/c1-24(2,3)9-7-17(27)19(29)20(30)21(33-4)23(32)26-16-6-5-15(12-25-22(16)31)34-18(28)11-14-8-10-35-13-14/h7-10,13,15-17,19-21,27,29-30H,5-6,11-12H2,1-4H3,(H,25,31)(H,26,32)/b9-7+/t15-,16+,17-,19+,20-,21-/m1/s1. The van der Waals surface area contributed by atoms with Gasteiger partial charge >= 0.3 is 5.97 Å². The Morgan fingerprint density at radius 1 is 1.26 bits per heavy atom. The number of thiophene rings is 1. The van der Waals surface area contributed by atoms with Gasteiger partial charge in [0.2, 0.25) is 5.91 Å². The number of ether oxygens (including phenoxy) is 2. The molecular weight excluding hydrogens is 476 g/mol. The van der Waals surface area contributed by atoms with Gasteiger partial charge in [0.15, 0.2) is 6.10 Å². The summed E-state index contributed by atoms with van der Waals surface area (Å²) in [5, 5.41) is 39.8. The maximum absolute atomic E-state index is 12.8. The lowest BCUT2D eigenvalue weighted by atomic mass is 9.94. The molecule has 2 amide bonds. The second-order valence-electron chi connectivity index (χ2n) is 9.66. The molecule has 0 aromatic carbocycles. The summed E-state index contributed by atoms with van der Waals surface area (Å²) in [5.41, 5.74) is 0.597. The van der Waals surface area contributed by atoms with Gasteiger partial charge in [-0.3, -0.25) is 14.4 Å². The predicted molar refractivity (Wildman–Crippen MR) is 129 cm³/mol. The van der Waals surface area contributed by atoms with Crippen molar-refractivity contribution in [1.29, 1.82) is 0 Å². The van der Waals surface area contributed by atoms with Gasteiger partial charge in [-0.2, -0.15) is 11.3 Å². The molecule has 35 heavy (non-hydrogen) atoms. The van der Waals surface area contributed by atoms with Gasteiger partial charge in [0.25, 0.3) is 5.91 Å². The number of aliphatic hydroxyl groups is 3. The Balaban J connectivity index is 1.92. The van der Waals surface area contributed by atoms with Crippen molar-refractivity contribution >= 4 is 29.1 Å². The number of aliphatic hydroxyl groups excluding tert-OH is 3. The highest BCUT2D eigenvalue weighted by atomic mass is 32.1. The fourth-order valence-corrected chi connectivity index (χ4v) is 4.16. The van der Waals surface area contributed by atoms with Gasteiger partial charge < -0.3 is 35.4 Å². The highest BCUT2D eigenvalue weighted by molar-refractivity contribution is 7.08. The molecule has 0 radical (unpaired) electrons. The molecular formula is C24H36N2O8S. The van der Waals surface area contributed by atoms with E-state index in [1.165, 1.54) is 24.5 Å². The van der Waals surface area contributed by atoms with Crippen molar-refractivity contribution in [3.05, 3.63) is 34.5 Å². The average molecular weight is 513 g/mol. The minimum absolute atomic E-state index is 0.113. The molecule has 1 saturated heterocycles.